The van der Waals surface area contributed by atoms with Gasteiger partial charge in [-0.05, 0) is 93.4 Å². The molecular weight excluding hydrogens is 456 g/mol. The van der Waals surface area contributed by atoms with E-state index in [9.17, 15) is 4.79 Å². The standard InChI is InChI=1S/C28H40N4O4/c1-34-26-13-21-7-11-32(18-23(21)14-27(26)35-2)28(33)15-20-6-8-29-17-22(20)12-24-16-25(36-30-24)19-31-9-4-3-5-10-31/h13-14,16,20,22,29H,3-12,15,17-19H2,1-2H3/t20-,22-/m0/s1. The van der Waals surface area contributed by atoms with Gasteiger partial charge in [-0.1, -0.05) is 11.6 Å². The average Bonchev–Trinajstić information content (AvgIpc) is 3.35. The van der Waals surface area contributed by atoms with Crippen LogP contribution in [0, 0.1) is 11.8 Å². The Morgan fingerprint density at radius 3 is 2.61 bits per heavy atom. The van der Waals surface area contributed by atoms with Crippen LogP contribution in [0.3, 0.4) is 0 Å². The molecule has 4 heterocycles. The molecule has 2 fully saturated rings. The Labute approximate surface area is 214 Å². The van der Waals surface area contributed by atoms with Gasteiger partial charge < -0.3 is 24.2 Å². The first-order valence-corrected chi connectivity index (χ1v) is 13.5. The van der Waals surface area contributed by atoms with Crippen molar-refractivity contribution in [2.24, 2.45) is 11.8 Å². The summed E-state index contributed by atoms with van der Waals surface area (Å²) in [5.41, 5.74) is 3.40. The van der Waals surface area contributed by atoms with Crippen molar-refractivity contribution in [3.8, 4) is 11.5 Å². The van der Waals surface area contributed by atoms with Crippen LogP contribution in [0.25, 0.3) is 0 Å². The molecule has 1 aromatic heterocycles. The Kier molecular flexibility index (Phi) is 8.12. The van der Waals surface area contributed by atoms with Crippen LogP contribution in [0.1, 0.15) is 54.7 Å². The van der Waals surface area contributed by atoms with E-state index < -0.39 is 0 Å². The van der Waals surface area contributed by atoms with E-state index in [0.29, 0.717) is 24.8 Å². The molecule has 0 saturated carbocycles. The second-order valence-corrected chi connectivity index (χ2v) is 10.6. The van der Waals surface area contributed by atoms with Crippen molar-refractivity contribution in [3.05, 3.63) is 40.8 Å². The number of piperidine rings is 2. The first-order valence-electron chi connectivity index (χ1n) is 13.5. The van der Waals surface area contributed by atoms with Crippen LogP contribution in [-0.2, 0) is 30.7 Å². The maximum Gasteiger partial charge on any atom is 0.223 e. The number of hydrogen-bond acceptors (Lipinski definition) is 7. The predicted octanol–water partition coefficient (Wildman–Crippen LogP) is 3.42. The van der Waals surface area contributed by atoms with Gasteiger partial charge in [-0.15, -0.1) is 0 Å². The molecule has 1 amide bonds. The van der Waals surface area contributed by atoms with Crippen LogP contribution in [0.15, 0.2) is 22.7 Å². The first kappa shape index (κ1) is 25.1. The number of nitrogens with one attached hydrogen (secondary N) is 1. The van der Waals surface area contributed by atoms with E-state index in [2.05, 4.69) is 27.5 Å². The third-order valence-corrected chi connectivity index (χ3v) is 8.18. The fourth-order valence-electron chi connectivity index (χ4n) is 6.07. The van der Waals surface area contributed by atoms with Crippen molar-refractivity contribution in [1.29, 1.82) is 0 Å². The maximum absolute atomic E-state index is 13.4. The van der Waals surface area contributed by atoms with E-state index in [4.69, 9.17) is 14.0 Å². The lowest BCUT2D eigenvalue weighted by atomic mass is 9.80. The van der Waals surface area contributed by atoms with Gasteiger partial charge in [0.15, 0.2) is 17.3 Å². The molecule has 0 radical (unpaired) electrons. The topological polar surface area (TPSA) is 80.1 Å². The number of methoxy groups -OCH3 is 2. The zero-order chi connectivity index (χ0) is 24.9. The molecule has 0 spiro atoms. The smallest absolute Gasteiger partial charge is 0.223 e. The van der Waals surface area contributed by atoms with E-state index in [-0.39, 0.29) is 5.91 Å². The Balaban J connectivity index is 1.18. The summed E-state index contributed by atoms with van der Waals surface area (Å²) in [5, 5.41) is 7.92. The third kappa shape index (κ3) is 5.86. The number of nitrogens with zero attached hydrogens (tertiary/aromatic N) is 3. The second-order valence-electron chi connectivity index (χ2n) is 10.6. The molecule has 0 bridgehead atoms. The molecule has 196 valence electrons. The van der Waals surface area contributed by atoms with E-state index >= 15 is 0 Å². The van der Waals surface area contributed by atoms with Crippen LogP contribution >= 0.6 is 0 Å². The fraction of sp³-hybridized carbons (Fsp3) is 0.643. The van der Waals surface area contributed by atoms with Crippen molar-refractivity contribution in [1.82, 2.24) is 20.3 Å². The Morgan fingerprint density at radius 2 is 1.83 bits per heavy atom. The zero-order valence-electron chi connectivity index (χ0n) is 21.8. The molecule has 0 unspecified atom stereocenters. The summed E-state index contributed by atoms with van der Waals surface area (Å²) in [4.78, 5) is 17.9. The Hall–Kier alpha value is -2.58. The summed E-state index contributed by atoms with van der Waals surface area (Å²) in [6, 6.07) is 6.20. The van der Waals surface area contributed by atoms with Gasteiger partial charge >= 0.3 is 0 Å². The van der Waals surface area contributed by atoms with Gasteiger partial charge in [0.25, 0.3) is 0 Å². The number of ether oxygens (including phenoxy) is 2. The number of likely N-dealkylation sites (tertiary alicyclic amines) is 1. The van der Waals surface area contributed by atoms with Crippen LogP contribution < -0.4 is 14.8 Å². The number of aromatic nitrogens is 1. The monoisotopic (exact) mass is 496 g/mol. The fourth-order valence-corrected chi connectivity index (χ4v) is 6.07. The van der Waals surface area contributed by atoms with E-state index in [1.807, 2.05) is 11.0 Å². The molecule has 1 N–H and O–H groups in total. The number of rotatable bonds is 8. The predicted molar refractivity (Wildman–Crippen MR) is 137 cm³/mol. The van der Waals surface area contributed by atoms with Gasteiger partial charge in [0.1, 0.15) is 0 Å². The van der Waals surface area contributed by atoms with Gasteiger partial charge in [0.05, 0.1) is 26.5 Å². The van der Waals surface area contributed by atoms with E-state index in [1.54, 1.807) is 14.2 Å². The number of hydrogen-bond donors (Lipinski definition) is 1. The Bertz CT molecular complexity index is 1030. The molecule has 3 aliphatic rings. The van der Waals surface area contributed by atoms with Gasteiger partial charge in [0.2, 0.25) is 5.91 Å². The number of fused-ring (bicyclic) bond motifs is 1. The number of carbonyl (C=O) groups excluding carboxylic acids is 1. The lowest BCUT2D eigenvalue weighted by Gasteiger charge is -2.35. The third-order valence-electron chi connectivity index (χ3n) is 8.18. The van der Waals surface area contributed by atoms with Crippen LogP contribution in [0.2, 0.25) is 0 Å². The summed E-state index contributed by atoms with van der Waals surface area (Å²) in [6.07, 6.45) is 7.19. The highest BCUT2D eigenvalue weighted by Crippen LogP contribution is 2.34. The largest absolute Gasteiger partial charge is 0.493 e. The minimum atomic E-state index is 0.248. The lowest BCUT2D eigenvalue weighted by Crippen LogP contribution is -2.42. The van der Waals surface area contributed by atoms with E-state index in [1.165, 1.54) is 24.8 Å². The van der Waals surface area contributed by atoms with Crippen molar-refractivity contribution in [2.45, 2.75) is 58.0 Å². The summed E-state index contributed by atoms with van der Waals surface area (Å²) in [7, 11) is 3.31. The minimum Gasteiger partial charge on any atom is -0.493 e. The molecule has 2 aromatic rings. The minimum absolute atomic E-state index is 0.248. The van der Waals surface area contributed by atoms with Gasteiger partial charge in [-0.3, -0.25) is 9.69 Å². The molecule has 0 aliphatic carbocycles. The number of carbonyl (C=O) groups is 1. The SMILES string of the molecule is COc1cc2c(cc1OC)CN(C(=O)C[C@@H]1CCNC[C@@H]1Cc1cc(CN3CCCCC3)on1)CC2. The normalized spacial score (nSPS) is 22.8. The second kappa shape index (κ2) is 11.6. The molecule has 5 rings (SSSR count). The summed E-state index contributed by atoms with van der Waals surface area (Å²) in [6.45, 7) is 6.42. The van der Waals surface area contributed by atoms with Gasteiger partial charge in [-0.2, -0.15) is 0 Å². The van der Waals surface area contributed by atoms with Gasteiger partial charge in [-0.25, -0.2) is 0 Å². The number of amides is 1. The molecular formula is C28H40N4O4. The van der Waals surface area contributed by atoms with Crippen molar-refractivity contribution < 1.29 is 18.8 Å². The average molecular weight is 497 g/mol. The summed E-state index contributed by atoms with van der Waals surface area (Å²) >= 11 is 0. The maximum atomic E-state index is 13.4. The van der Waals surface area contributed by atoms with Crippen molar-refractivity contribution in [2.75, 3.05) is 46.9 Å². The van der Waals surface area contributed by atoms with Crippen LogP contribution in [-0.4, -0.2) is 67.8 Å². The summed E-state index contributed by atoms with van der Waals surface area (Å²) in [5.74, 6) is 3.42. The molecule has 8 nitrogen and oxygen atoms in total. The zero-order valence-corrected chi connectivity index (χ0v) is 21.8. The van der Waals surface area contributed by atoms with E-state index in [0.717, 1.165) is 87.0 Å². The van der Waals surface area contributed by atoms with Crippen LogP contribution in [0.5, 0.6) is 11.5 Å². The Morgan fingerprint density at radius 1 is 1.06 bits per heavy atom. The molecule has 8 heteroatoms. The highest BCUT2D eigenvalue weighted by Gasteiger charge is 2.31. The van der Waals surface area contributed by atoms with Crippen LogP contribution in [0.4, 0.5) is 0 Å². The first-order chi connectivity index (χ1) is 17.6. The molecule has 1 aromatic carbocycles. The molecule has 2 saturated heterocycles. The quantitative estimate of drug-likeness (QED) is 0.600. The highest BCUT2D eigenvalue weighted by molar-refractivity contribution is 5.77. The highest BCUT2D eigenvalue weighted by atomic mass is 16.5. The van der Waals surface area contributed by atoms with Crippen molar-refractivity contribution >= 4 is 5.91 Å². The number of benzene rings is 1. The summed E-state index contributed by atoms with van der Waals surface area (Å²) < 4.78 is 16.6. The van der Waals surface area contributed by atoms with Crippen molar-refractivity contribution in [3.63, 3.8) is 0 Å². The molecule has 36 heavy (non-hydrogen) atoms. The molecule has 3 aliphatic heterocycles. The van der Waals surface area contributed by atoms with Gasteiger partial charge in [0, 0.05) is 25.6 Å². The molecule has 2 atom stereocenters. The lowest BCUT2D eigenvalue weighted by molar-refractivity contribution is -0.133.